The molecule has 3 unspecified atom stereocenters. The Balaban J connectivity index is 1.78. The third-order valence-corrected chi connectivity index (χ3v) is 4.13. The molecule has 1 aliphatic rings. The zero-order valence-electron chi connectivity index (χ0n) is 12.4. The average molecular weight is 260 g/mol. The van der Waals surface area contributed by atoms with Crippen LogP contribution < -0.4 is 10.6 Å². The van der Waals surface area contributed by atoms with Crippen molar-refractivity contribution in [2.24, 2.45) is 0 Å². The topological polar surface area (TPSA) is 24.1 Å². The van der Waals surface area contributed by atoms with Crippen LogP contribution in [0.4, 0.5) is 0 Å². The maximum absolute atomic E-state index is 3.72. The summed E-state index contributed by atoms with van der Waals surface area (Å²) in [5, 5.41) is 7.41. The lowest BCUT2D eigenvalue weighted by molar-refractivity contribution is 0.380. The van der Waals surface area contributed by atoms with E-state index in [-0.39, 0.29) is 0 Å². The predicted octanol–water partition coefficient (Wildman–Crippen LogP) is 3.65. The molecule has 2 N–H and O–H groups in total. The summed E-state index contributed by atoms with van der Waals surface area (Å²) in [5.41, 5.74) is 1.38. The first-order valence-corrected chi connectivity index (χ1v) is 7.80. The molecule has 0 aromatic heterocycles. The Labute approximate surface area is 118 Å². The highest BCUT2D eigenvalue weighted by atomic mass is 15.0. The number of rotatable bonds is 5. The fraction of sp³-hybridized carbons (Fsp3) is 0.647. The van der Waals surface area contributed by atoms with Crippen molar-refractivity contribution in [3.8, 4) is 0 Å². The minimum Gasteiger partial charge on any atom is -0.314 e. The zero-order chi connectivity index (χ0) is 13.5. The smallest absolute Gasteiger partial charge is 0.0294 e. The van der Waals surface area contributed by atoms with Crippen molar-refractivity contribution in [2.75, 3.05) is 6.54 Å². The molecule has 0 radical (unpaired) electrons. The van der Waals surface area contributed by atoms with Gasteiger partial charge in [0.2, 0.25) is 0 Å². The second-order valence-corrected chi connectivity index (χ2v) is 5.94. The lowest BCUT2D eigenvalue weighted by atomic mass is 10.0. The quantitative estimate of drug-likeness (QED) is 0.844. The molecule has 0 saturated carbocycles. The fourth-order valence-electron chi connectivity index (χ4n) is 3.06. The molecule has 3 atom stereocenters. The van der Waals surface area contributed by atoms with E-state index in [4.69, 9.17) is 0 Å². The summed E-state index contributed by atoms with van der Waals surface area (Å²) in [7, 11) is 0. The van der Waals surface area contributed by atoms with E-state index in [1.54, 1.807) is 0 Å². The van der Waals surface area contributed by atoms with E-state index in [2.05, 4.69) is 54.8 Å². The van der Waals surface area contributed by atoms with E-state index in [9.17, 15) is 0 Å². The van der Waals surface area contributed by atoms with Crippen LogP contribution in [0.2, 0.25) is 0 Å². The molecule has 0 bridgehead atoms. The molecule has 1 fully saturated rings. The van der Waals surface area contributed by atoms with E-state index in [1.807, 2.05) is 0 Å². The van der Waals surface area contributed by atoms with E-state index in [1.165, 1.54) is 44.2 Å². The average Bonchev–Trinajstić information content (AvgIpc) is 2.68. The second kappa shape index (κ2) is 7.66. The summed E-state index contributed by atoms with van der Waals surface area (Å²) in [5.74, 6) is 0. The van der Waals surface area contributed by atoms with Crippen LogP contribution in [-0.4, -0.2) is 18.6 Å². The number of hydrogen-bond acceptors (Lipinski definition) is 2. The van der Waals surface area contributed by atoms with Crippen molar-refractivity contribution in [3.63, 3.8) is 0 Å². The van der Waals surface area contributed by atoms with Crippen LogP contribution in [0.25, 0.3) is 0 Å². The summed E-state index contributed by atoms with van der Waals surface area (Å²) in [4.78, 5) is 0. The summed E-state index contributed by atoms with van der Waals surface area (Å²) in [6.07, 6.45) is 6.70. The predicted molar refractivity (Wildman–Crippen MR) is 82.3 cm³/mol. The van der Waals surface area contributed by atoms with Crippen LogP contribution in [0, 0.1) is 0 Å². The van der Waals surface area contributed by atoms with Crippen molar-refractivity contribution in [1.82, 2.24) is 10.6 Å². The van der Waals surface area contributed by atoms with Gasteiger partial charge in [-0.2, -0.15) is 0 Å². The van der Waals surface area contributed by atoms with E-state index >= 15 is 0 Å². The van der Waals surface area contributed by atoms with E-state index < -0.39 is 0 Å². The minimum absolute atomic E-state index is 0.432. The normalized spacial score (nSPS) is 23.6. The molecule has 2 heteroatoms. The summed E-state index contributed by atoms with van der Waals surface area (Å²) < 4.78 is 0. The lowest BCUT2D eigenvalue weighted by Crippen LogP contribution is -2.37. The Morgan fingerprint density at radius 2 is 1.95 bits per heavy atom. The number of hydrogen-bond donors (Lipinski definition) is 2. The molecule has 1 saturated heterocycles. The highest BCUT2D eigenvalue weighted by Crippen LogP contribution is 2.16. The molecule has 106 valence electrons. The van der Waals surface area contributed by atoms with Crippen LogP contribution in [0.5, 0.6) is 0 Å². The Morgan fingerprint density at radius 1 is 1.16 bits per heavy atom. The summed E-state index contributed by atoms with van der Waals surface area (Å²) in [6, 6.07) is 12.4. The third kappa shape index (κ3) is 4.96. The van der Waals surface area contributed by atoms with Crippen molar-refractivity contribution in [3.05, 3.63) is 35.9 Å². The van der Waals surface area contributed by atoms with Gasteiger partial charge >= 0.3 is 0 Å². The molecular weight excluding hydrogens is 232 g/mol. The van der Waals surface area contributed by atoms with E-state index in [0.717, 1.165) is 0 Å². The molecule has 2 rings (SSSR count). The number of benzene rings is 1. The van der Waals surface area contributed by atoms with Gasteiger partial charge in [0.15, 0.2) is 0 Å². The minimum atomic E-state index is 0.432. The van der Waals surface area contributed by atoms with Crippen LogP contribution >= 0.6 is 0 Å². The van der Waals surface area contributed by atoms with Crippen LogP contribution in [0.15, 0.2) is 30.3 Å². The van der Waals surface area contributed by atoms with Gasteiger partial charge in [0.05, 0.1) is 0 Å². The standard InChI is InChI=1S/C17H28N2/c1-14(13-17-11-7-4-8-12-18-17)19-15(2)16-9-5-3-6-10-16/h3,5-6,9-10,14-15,17-19H,4,7-8,11-13H2,1-2H3. The zero-order valence-corrected chi connectivity index (χ0v) is 12.4. The number of nitrogens with one attached hydrogen (secondary N) is 2. The highest BCUT2D eigenvalue weighted by molar-refractivity contribution is 5.18. The van der Waals surface area contributed by atoms with Gasteiger partial charge in [-0.05, 0) is 45.2 Å². The molecule has 0 spiro atoms. The van der Waals surface area contributed by atoms with Crippen LogP contribution in [0.1, 0.15) is 57.6 Å². The van der Waals surface area contributed by atoms with Gasteiger partial charge in [-0.25, -0.2) is 0 Å². The highest BCUT2D eigenvalue weighted by Gasteiger charge is 2.16. The van der Waals surface area contributed by atoms with Gasteiger partial charge in [0, 0.05) is 18.1 Å². The van der Waals surface area contributed by atoms with Crippen LogP contribution in [-0.2, 0) is 0 Å². The summed E-state index contributed by atoms with van der Waals surface area (Å²) in [6.45, 7) is 5.77. The monoisotopic (exact) mass is 260 g/mol. The first kappa shape index (κ1) is 14.5. The third-order valence-electron chi connectivity index (χ3n) is 4.13. The molecular formula is C17H28N2. The Hall–Kier alpha value is -0.860. The maximum Gasteiger partial charge on any atom is 0.0294 e. The van der Waals surface area contributed by atoms with Gasteiger partial charge in [0.25, 0.3) is 0 Å². The fourth-order valence-corrected chi connectivity index (χ4v) is 3.06. The van der Waals surface area contributed by atoms with Gasteiger partial charge in [-0.3, -0.25) is 0 Å². The molecule has 19 heavy (non-hydrogen) atoms. The van der Waals surface area contributed by atoms with Gasteiger partial charge in [-0.15, -0.1) is 0 Å². The van der Waals surface area contributed by atoms with Gasteiger partial charge < -0.3 is 10.6 Å². The molecule has 1 aromatic rings. The van der Waals surface area contributed by atoms with Crippen LogP contribution in [0.3, 0.4) is 0 Å². The largest absolute Gasteiger partial charge is 0.314 e. The Morgan fingerprint density at radius 3 is 2.74 bits per heavy atom. The summed E-state index contributed by atoms with van der Waals surface area (Å²) >= 11 is 0. The van der Waals surface area contributed by atoms with Gasteiger partial charge in [0.1, 0.15) is 0 Å². The van der Waals surface area contributed by atoms with Crippen molar-refractivity contribution < 1.29 is 0 Å². The first-order chi connectivity index (χ1) is 9.25. The molecule has 0 aliphatic carbocycles. The SMILES string of the molecule is CC(CC1CCCCCN1)NC(C)c1ccccc1. The Bertz CT molecular complexity index is 342. The second-order valence-electron chi connectivity index (χ2n) is 5.94. The molecule has 0 amide bonds. The molecule has 1 aliphatic heterocycles. The Kier molecular flexibility index (Phi) is 5.87. The lowest BCUT2D eigenvalue weighted by Gasteiger charge is -2.25. The maximum atomic E-state index is 3.72. The first-order valence-electron chi connectivity index (χ1n) is 7.80. The van der Waals surface area contributed by atoms with Gasteiger partial charge in [-0.1, -0.05) is 43.2 Å². The molecule has 2 nitrogen and oxygen atoms in total. The van der Waals surface area contributed by atoms with Crippen molar-refractivity contribution in [1.29, 1.82) is 0 Å². The van der Waals surface area contributed by atoms with Crippen molar-refractivity contribution >= 4 is 0 Å². The van der Waals surface area contributed by atoms with E-state index in [0.29, 0.717) is 18.1 Å². The molecule has 1 aromatic carbocycles. The molecule has 1 heterocycles. The van der Waals surface area contributed by atoms with Crippen molar-refractivity contribution in [2.45, 2.75) is 64.1 Å².